The molecular weight excluding hydrogens is 1140 g/mol. The Morgan fingerprint density at radius 2 is 0.385 bits per heavy atom. The number of methoxy groups -OCH3 is 2. The van der Waals surface area contributed by atoms with Crippen LogP contribution < -0.4 is 37.9 Å². The topological polar surface area (TPSA) is 148 Å². The number of rotatable bonds is 44. The fourth-order valence-electron chi connectivity index (χ4n) is 9.65. The minimum absolute atomic E-state index is 0.654. The summed E-state index contributed by atoms with van der Waals surface area (Å²) in [4.78, 5) is 9.33. The van der Waals surface area contributed by atoms with Gasteiger partial charge in [0.25, 0.3) is 0 Å². The predicted octanol–water partition coefficient (Wildman–Crippen LogP) is 21.8. The van der Waals surface area contributed by atoms with Crippen molar-refractivity contribution < 1.29 is 37.9 Å². The van der Waals surface area contributed by atoms with Gasteiger partial charge in [-0.2, -0.15) is 20.5 Å². The maximum absolute atomic E-state index is 6.02. The molecule has 14 heteroatoms. The van der Waals surface area contributed by atoms with Crippen molar-refractivity contribution in [1.29, 1.82) is 0 Å². The standard InChI is InChI=1S/C77H90N6O8/c1-84-70-42-30-66(31-43-70)80-82-68-34-50-76(51-35-68)88-56-18-13-9-5-3-7-11-16-54-86-72-38-22-62(23-39-72)60-78-64-26-46-74(47-27-64)90-58-20-15-21-59-91-75-48-28-65(29-49-75)79-61-63-24-40-73(41-25-63)87-55-17-12-8-4-6-10-14-19-57-89-77-52-36-69(37-53-77)83-81-67-32-44-71(85-2)45-33-67/h22-53,60-61H,3-21,54-59H2,1-2H3. The zero-order valence-corrected chi connectivity index (χ0v) is 53.3. The molecule has 0 atom stereocenters. The maximum Gasteiger partial charge on any atom is 0.119 e. The van der Waals surface area contributed by atoms with Gasteiger partial charge in [0, 0.05) is 12.4 Å². The number of unbranched alkanes of at least 4 members (excludes halogenated alkanes) is 16. The molecule has 0 aromatic heterocycles. The minimum atomic E-state index is 0.654. The Morgan fingerprint density at radius 1 is 0.209 bits per heavy atom. The van der Waals surface area contributed by atoms with Gasteiger partial charge < -0.3 is 37.9 Å². The molecule has 0 N–H and O–H groups in total. The van der Waals surface area contributed by atoms with Gasteiger partial charge in [-0.25, -0.2) is 0 Å². The lowest BCUT2D eigenvalue weighted by Crippen LogP contribution is -2.00. The first-order chi connectivity index (χ1) is 45.0. The van der Waals surface area contributed by atoms with E-state index in [1.165, 1.54) is 77.0 Å². The second kappa shape index (κ2) is 41.1. The molecular formula is C77H90N6O8. The predicted molar refractivity (Wildman–Crippen MR) is 368 cm³/mol. The summed E-state index contributed by atoms with van der Waals surface area (Å²) in [5.41, 5.74) is 6.93. The first-order valence-electron chi connectivity index (χ1n) is 32.6. The Morgan fingerprint density at radius 3 is 0.604 bits per heavy atom. The molecule has 0 saturated heterocycles. The molecule has 0 aliphatic rings. The summed E-state index contributed by atoms with van der Waals surface area (Å²) in [7, 11) is 3.29. The number of benzene rings is 8. The van der Waals surface area contributed by atoms with Crippen LogP contribution in [0.5, 0.6) is 46.0 Å². The smallest absolute Gasteiger partial charge is 0.119 e. The third-order valence-electron chi connectivity index (χ3n) is 15.0. The highest BCUT2D eigenvalue weighted by Crippen LogP contribution is 2.27. The highest BCUT2D eigenvalue weighted by Gasteiger charge is 2.04. The second-order valence-corrected chi connectivity index (χ2v) is 22.2. The summed E-state index contributed by atoms with van der Waals surface area (Å²) in [6, 6.07) is 62.5. The summed E-state index contributed by atoms with van der Waals surface area (Å²) in [5, 5.41) is 17.2. The van der Waals surface area contributed by atoms with Crippen molar-refractivity contribution >= 4 is 46.6 Å². The van der Waals surface area contributed by atoms with E-state index in [1.807, 2.05) is 207 Å². The van der Waals surface area contributed by atoms with E-state index in [1.54, 1.807) is 14.2 Å². The van der Waals surface area contributed by atoms with Gasteiger partial charge in [-0.3, -0.25) is 9.98 Å². The monoisotopic (exact) mass is 1230 g/mol. The largest absolute Gasteiger partial charge is 0.497 e. The fraction of sp³-hybridized carbons (Fsp3) is 0.351. The zero-order valence-electron chi connectivity index (χ0n) is 53.3. The van der Waals surface area contributed by atoms with Crippen LogP contribution in [0.15, 0.2) is 225 Å². The van der Waals surface area contributed by atoms with E-state index < -0.39 is 0 Å². The SMILES string of the molecule is COc1ccc(N=Nc2ccc(OCCCCCCCCCCOc3ccc(C=Nc4ccc(OCCCCCOc5ccc(N=Cc6ccc(OCCCCCCCCCCOc7ccc(N=Nc8ccc(OC)cc8)cc7)cc6)cc5)cc4)cc3)cc2)cc1. The van der Waals surface area contributed by atoms with Crippen molar-refractivity contribution in [2.45, 2.75) is 122 Å². The Bertz CT molecular complexity index is 3110. The summed E-state index contributed by atoms with van der Waals surface area (Å²) < 4.78 is 46.3. The van der Waals surface area contributed by atoms with Crippen molar-refractivity contribution in [3.8, 4) is 46.0 Å². The number of azo groups is 2. The van der Waals surface area contributed by atoms with Gasteiger partial charge in [0.1, 0.15) is 46.0 Å². The van der Waals surface area contributed by atoms with E-state index >= 15 is 0 Å². The second-order valence-electron chi connectivity index (χ2n) is 22.2. The first-order valence-corrected chi connectivity index (χ1v) is 32.6. The molecule has 8 aromatic rings. The molecule has 8 aromatic carbocycles. The fourth-order valence-corrected chi connectivity index (χ4v) is 9.65. The van der Waals surface area contributed by atoms with Gasteiger partial charge in [-0.15, -0.1) is 0 Å². The van der Waals surface area contributed by atoms with Gasteiger partial charge in [-0.05, 0) is 250 Å². The van der Waals surface area contributed by atoms with Gasteiger partial charge in [0.15, 0.2) is 0 Å². The van der Waals surface area contributed by atoms with Gasteiger partial charge >= 0.3 is 0 Å². The van der Waals surface area contributed by atoms with E-state index in [9.17, 15) is 0 Å². The van der Waals surface area contributed by atoms with Crippen molar-refractivity contribution in [3.63, 3.8) is 0 Å². The molecule has 0 spiro atoms. The lowest BCUT2D eigenvalue weighted by atomic mass is 10.1. The van der Waals surface area contributed by atoms with Gasteiger partial charge in [-0.1, -0.05) is 77.0 Å². The quantitative estimate of drug-likeness (QED) is 0.0208. The molecule has 0 saturated carbocycles. The minimum Gasteiger partial charge on any atom is -0.497 e. The lowest BCUT2D eigenvalue weighted by molar-refractivity contribution is 0.279. The lowest BCUT2D eigenvalue weighted by Gasteiger charge is -2.08. The van der Waals surface area contributed by atoms with E-state index in [4.69, 9.17) is 37.9 Å². The Labute approximate surface area is 539 Å². The van der Waals surface area contributed by atoms with Crippen molar-refractivity contribution in [3.05, 3.63) is 205 Å². The first kappa shape index (κ1) is 67.6. The number of nitrogens with zero attached hydrogens (tertiary/aromatic N) is 6. The van der Waals surface area contributed by atoms with E-state index in [2.05, 4.69) is 30.4 Å². The van der Waals surface area contributed by atoms with E-state index in [-0.39, 0.29) is 0 Å². The molecule has 0 radical (unpaired) electrons. The Balaban J connectivity index is 0.561. The third kappa shape index (κ3) is 27.5. The summed E-state index contributed by atoms with van der Waals surface area (Å²) in [6.07, 6.45) is 25.6. The molecule has 0 unspecified atom stereocenters. The number of hydrogen-bond acceptors (Lipinski definition) is 14. The molecule has 0 heterocycles. The van der Waals surface area contributed by atoms with Crippen molar-refractivity contribution in [2.24, 2.45) is 30.4 Å². The average molecular weight is 1230 g/mol. The molecule has 0 amide bonds. The van der Waals surface area contributed by atoms with Crippen LogP contribution in [-0.4, -0.2) is 66.3 Å². The van der Waals surface area contributed by atoms with Crippen molar-refractivity contribution in [2.75, 3.05) is 53.9 Å². The van der Waals surface area contributed by atoms with Crippen LogP contribution in [0.2, 0.25) is 0 Å². The van der Waals surface area contributed by atoms with Crippen LogP contribution in [0.4, 0.5) is 34.1 Å². The van der Waals surface area contributed by atoms with Crippen LogP contribution >= 0.6 is 0 Å². The third-order valence-corrected chi connectivity index (χ3v) is 15.0. The Hall–Kier alpha value is -9.30. The molecule has 476 valence electrons. The van der Waals surface area contributed by atoms with Crippen LogP contribution in [0.1, 0.15) is 133 Å². The van der Waals surface area contributed by atoms with E-state index in [0.29, 0.717) is 13.2 Å². The highest BCUT2D eigenvalue weighted by molar-refractivity contribution is 5.82. The van der Waals surface area contributed by atoms with Gasteiger partial charge in [0.2, 0.25) is 0 Å². The molecule has 0 bridgehead atoms. The maximum atomic E-state index is 6.02. The molecule has 0 aliphatic heterocycles. The highest BCUT2D eigenvalue weighted by atomic mass is 16.5. The van der Waals surface area contributed by atoms with Crippen molar-refractivity contribution in [1.82, 2.24) is 0 Å². The number of aliphatic imine (C=N–C) groups is 2. The molecule has 0 aliphatic carbocycles. The number of hydrogen-bond donors (Lipinski definition) is 0. The summed E-state index contributed by atoms with van der Waals surface area (Å²) in [6.45, 7) is 4.22. The molecule has 14 nitrogen and oxygen atoms in total. The Kier molecular flexibility index (Phi) is 30.5. The average Bonchev–Trinajstić information content (AvgIpc) is 3.70. The van der Waals surface area contributed by atoms with Crippen LogP contribution in [0, 0.1) is 0 Å². The number of ether oxygens (including phenoxy) is 8. The molecule has 91 heavy (non-hydrogen) atoms. The normalized spacial score (nSPS) is 11.5. The summed E-state index contributed by atoms with van der Waals surface area (Å²) >= 11 is 0. The van der Waals surface area contributed by atoms with Crippen LogP contribution in [-0.2, 0) is 0 Å². The van der Waals surface area contributed by atoms with Gasteiger partial charge in [0.05, 0.1) is 88.0 Å². The molecule has 0 fully saturated rings. The zero-order chi connectivity index (χ0) is 62.9. The van der Waals surface area contributed by atoms with Crippen LogP contribution in [0.25, 0.3) is 0 Å². The summed E-state index contributed by atoms with van der Waals surface area (Å²) in [5.74, 6) is 6.78. The van der Waals surface area contributed by atoms with Crippen LogP contribution in [0.3, 0.4) is 0 Å². The molecule has 8 rings (SSSR count). The van der Waals surface area contributed by atoms with E-state index in [0.717, 1.165) is 163 Å².